The molecule has 0 radical (unpaired) electrons. The Kier molecular flexibility index (Phi) is 16.4. The maximum atomic E-state index is 15.0. The number of aliphatic hydroxyl groups is 4. The number of carbonyl (C=O) groups excluding carboxylic acids is 2. The number of aliphatic hydroxyl groups excluding tert-OH is 3. The molecule has 1 amide bonds. The lowest BCUT2D eigenvalue weighted by molar-refractivity contribution is -0.181. The molecule has 9 N–H and O–H groups in total. The van der Waals surface area contributed by atoms with Crippen LogP contribution in [0.5, 0.6) is 0 Å². The molecular formula is C58H76N4O7. The van der Waals surface area contributed by atoms with Gasteiger partial charge < -0.3 is 41.5 Å². The number of benzene rings is 2. The number of hydrogen-bond donors (Lipinski definition) is 8. The lowest BCUT2D eigenvalue weighted by Gasteiger charge is -2.57. The number of rotatable bonds is 3. The number of likely N-dealkylation sites (N-methyl/N-ethyl adjacent to an activating group) is 1. The standard InChI is InChI=1S/C58H76N4O7/c1-5-60-49-25-20-36(2)12-6-7-29-69-35-43(17-8-13-37(49)3)51-42-18-11-27-57(68)28-26-46-38(4)50(65)32-41-16-10-19-47-52(41)53(56(67)62-55(47)59)61-34-45(64)22-21-39-14-9-15-40(30-39)31-44(63)23-24-48(46)58(57,33-42)54(51)66/h8-10,13-17,19-20,30,42,44-45,48-49,51,53-55,60-61,63-64,66,68H,3,5,11-12,18,21-29,31-35,59H2,1-2,4H3,(H,62,67)/b13-8+,36-20+,43-17-,46-38?/t42-,44+,45-,48-,49-,51-,53-,54-,55-,57-,58-/m1/s1. The number of hydrogen-bond acceptors (Lipinski definition) is 10. The van der Waals surface area contributed by atoms with E-state index in [4.69, 9.17) is 10.5 Å². The summed E-state index contributed by atoms with van der Waals surface area (Å²) in [4.78, 5) is 28.7. The van der Waals surface area contributed by atoms with Crippen molar-refractivity contribution in [1.82, 2.24) is 16.0 Å². The Labute approximate surface area is 409 Å². The van der Waals surface area contributed by atoms with Gasteiger partial charge in [0.2, 0.25) is 5.91 Å². The van der Waals surface area contributed by atoms with Gasteiger partial charge in [0.1, 0.15) is 18.8 Å². The van der Waals surface area contributed by atoms with E-state index in [2.05, 4.69) is 72.5 Å². The summed E-state index contributed by atoms with van der Waals surface area (Å²) >= 11 is 0. The minimum absolute atomic E-state index is 0.0172. The summed E-state index contributed by atoms with van der Waals surface area (Å²) in [6, 6.07) is 13.0. The molecule has 3 aliphatic carbocycles. The molecule has 3 heterocycles. The SMILES string of the molecule is C=C1/C=C/C=C(\[C@H]2[C@@H]3CCC[C@@]4(O)CCC5=C(C)C(=O)Cc6cccc7c6[C@@H](NC[C@H](O)CCc6cccc(c6)C[C@@H](O)CC[C@H]5[C@]4(C3)[C@@H]2O)C(=O)N[C@H]7N)COCC#CC/C(C)=C/C[C@H]1NCC. The van der Waals surface area contributed by atoms with Crippen LogP contribution in [0.1, 0.15) is 131 Å². The quantitative estimate of drug-likeness (QED) is 0.123. The van der Waals surface area contributed by atoms with Gasteiger partial charge in [-0.2, -0.15) is 0 Å². The fourth-order valence-corrected chi connectivity index (χ4v) is 13.2. The zero-order chi connectivity index (χ0) is 48.9. The number of aryl methyl sites for hydroxylation is 1. The van der Waals surface area contributed by atoms with Gasteiger partial charge in [-0.25, -0.2) is 0 Å². The summed E-state index contributed by atoms with van der Waals surface area (Å²) in [5, 5.41) is 59.5. The molecule has 370 valence electrons. The summed E-state index contributed by atoms with van der Waals surface area (Å²) in [5.74, 6) is 5.35. The molecule has 2 aromatic rings. The fourth-order valence-electron chi connectivity index (χ4n) is 13.2. The summed E-state index contributed by atoms with van der Waals surface area (Å²) in [7, 11) is 0. The highest BCUT2D eigenvalue weighted by atomic mass is 16.5. The molecule has 3 saturated carbocycles. The van der Waals surface area contributed by atoms with Gasteiger partial charge in [0.15, 0.2) is 5.78 Å². The number of allylic oxidation sites excluding steroid dienone is 5. The van der Waals surface area contributed by atoms with E-state index in [1.807, 2.05) is 49.4 Å². The van der Waals surface area contributed by atoms with Crippen LogP contribution in [0.4, 0.5) is 0 Å². The fraction of sp³-hybridized carbons (Fsp3) is 0.552. The van der Waals surface area contributed by atoms with Crippen molar-refractivity contribution in [2.45, 2.75) is 153 Å². The number of β-amino-alcohol motifs (C(OH)–C–C–N with tert-alkyl or cyclic N) is 1. The second kappa shape index (κ2) is 22.3. The Hall–Kier alpha value is -4.48. The van der Waals surface area contributed by atoms with Crippen molar-refractivity contribution in [3.63, 3.8) is 0 Å². The number of nitrogens with two attached hydrogens (primary N) is 1. The third kappa shape index (κ3) is 10.9. The number of amides is 1. The highest BCUT2D eigenvalue weighted by molar-refractivity contribution is 5.98. The van der Waals surface area contributed by atoms with Crippen molar-refractivity contribution in [2.24, 2.45) is 28.9 Å². The average molecular weight is 941 g/mol. The van der Waals surface area contributed by atoms with Gasteiger partial charge in [-0.3, -0.25) is 14.9 Å². The zero-order valence-electron chi connectivity index (χ0n) is 41.1. The van der Waals surface area contributed by atoms with Crippen LogP contribution in [-0.2, 0) is 33.6 Å². The van der Waals surface area contributed by atoms with E-state index in [-0.39, 0.29) is 55.7 Å². The van der Waals surface area contributed by atoms with Crippen LogP contribution in [0, 0.1) is 35.0 Å². The Morgan fingerprint density at radius 3 is 2.62 bits per heavy atom. The van der Waals surface area contributed by atoms with Gasteiger partial charge in [0, 0.05) is 36.8 Å². The Morgan fingerprint density at radius 1 is 0.986 bits per heavy atom. The van der Waals surface area contributed by atoms with Crippen LogP contribution in [-0.4, -0.2) is 88.4 Å². The summed E-state index contributed by atoms with van der Waals surface area (Å²) in [5.41, 5.74) is 13.0. The molecule has 0 saturated heterocycles. The first-order valence-electron chi connectivity index (χ1n) is 25.7. The summed E-state index contributed by atoms with van der Waals surface area (Å²) in [6.07, 6.45) is 12.7. The van der Waals surface area contributed by atoms with Crippen LogP contribution >= 0.6 is 0 Å². The van der Waals surface area contributed by atoms with E-state index in [1.165, 1.54) is 5.57 Å². The molecule has 0 aromatic heterocycles. The predicted molar refractivity (Wildman–Crippen MR) is 270 cm³/mol. The molecule has 11 atom stereocenters. The molecule has 3 fully saturated rings. The molecule has 1 spiro atoms. The van der Waals surface area contributed by atoms with Gasteiger partial charge in [0.25, 0.3) is 0 Å². The maximum absolute atomic E-state index is 15.0. The average Bonchev–Trinajstić information content (AvgIpc) is 3.50. The van der Waals surface area contributed by atoms with E-state index >= 15 is 0 Å². The Morgan fingerprint density at radius 2 is 1.80 bits per heavy atom. The predicted octanol–water partition coefficient (Wildman–Crippen LogP) is 6.61. The van der Waals surface area contributed by atoms with Crippen LogP contribution in [0.3, 0.4) is 0 Å². The van der Waals surface area contributed by atoms with Gasteiger partial charge in [-0.15, -0.1) is 0 Å². The third-order valence-corrected chi connectivity index (χ3v) is 16.7. The van der Waals surface area contributed by atoms with Crippen LogP contribution < -0.4 is 21.7 Å². The third-order valence-electron chi connectivity index (χ3n) is 16.7. The van der Waals surface area contributed by atoms with Crippen molar-refractivity contribution >= 4 is 11.7 Å². The topological polar surface area (TPSA) is 186 Å². The van der Waals surface area contributed by atoms with Gasteiger partial charge >= 0.3 is 0 Å². The zero-order valence-corrected chi connectivity index (χ0v) is 41.1. The highest BCUT2D eigenvalue weighted by Crippen LogP contribution is 2.68. The lowest BCUT2D eigenvalue weighted by Crippen LogP contribution is -2.61. The van der Waals surface area contributed by atoms with Gasteiger partial charge in [0.05, 0.1) is 30.5 Å². The Balaban J connectivity index is 1.21. The summed E-state index contributed by atoms with van der Waals surface area (Å²) < 4.78 is 6.31. The molecule has 4 bridgehead atoms. The molecule has 3 aliphatic heterocycles. The van der Waals surface area contributed by atoms with E-state index in [9.17, 15) is 30.0 Å². The van der Waals surface area contributed by atoms with Crippen LogP contribution in [0.15, 0.2) is 101 Å². The van der Waals surface area contributed by atoms with Crippen LogP contribution in [0.25, 0.3) is 0 Å². The molecule has 6 aliphatic rings. The molecule has 11 nitrogen and oxygen atoms in total. The van der Waals surface area contributed by atoms with Gasteiger partial charge in [-0.1, -0.05) is 110 Å². The minimum atomic E-state index is -1.22. The second-order valence-corrected chi connectivity index (χ2v) is 21.0. The number of ether oxygens (including phenoxy) is 1. The molecule has 11 heteroatoms. The van der Waals surface area contributed by atoms with Crippen molar-refractivity contribution in [3.8, 4) is 11.8 Å². The van der Waals surface area contributed by atoms with Crippen molar-refractivity contribution in [3.05, 3.63) is 129 Å². The minimum Gasteiger partial charge on any atom is -0.393 e. The monoisotopic (exact) mass is 941 g/mol. The molecule has 69 heavy (non-hydrogen) atoms. The van der Waals surface area contributed by atoms with Crippen molar-refractivity contribution in [1.29, 1.82) is 0 Å². The first kappa shape index (κ1) is 50.9. The first-order valence-corrected chi connectivity index (χ1v) is 25.7. The normalized spacial score (nSPS) is 36.2. The number of carbonyl (C=O) groups is 2. The van der Waals surface area contributed by atoms with E-state index in [0.717, 1.165) is 59.2 Å². The maximum Gasteiger partial charge on any atom is 0.243 e. The molecule has 8 rings (SSSR count). The Bertz CT molecular complexity index is 2430. The smallest absolute Gasteiger partial charge is 0.243 e. The number of fused-ring (bicyclic) bond motifs is 4. The second-order valence-electron chi connectivity index (χ2n) is 21.0. The molecule has 0 unspecified atom stereocenters. The lowest BCUT2D eigenvalue weighted by atomic mass is 9.51. The van der Waals surface area contributed by atoms with E-state index < -0.39 is 47.5 Å². The number of ketones is 1. The van der Waals surface area contributed by atoms with Crippen LogP contribution in [0.2, 0.25) is 0 Å². The first-order chi connectivity index (χ1) is 33.2. The largest absolute Gasteiger partial charge is 0.393 e. The number of Topliss-reactive ketones (excluding diaryl/α,β-unsaturated/α-hetero) is 1. The van der Waals surface area contributed by atoms with Crippen molar-refractivity contribution in [2.75, 3.05) is 26.3 Å². The van der Waals surface area contributed by atoms with Crippen molar-refractivity contribution < 1.29 is 34.8 Å². The molecule has 2 aromatic carbocycles. The van der Waals surface area contributed by atoms with Gasteiger partial charge in [-0.05, 0) is 147 Å². The summed E-state index contributed by atoms with van der Waals surface area (Å²) in [6.45, 7) is 12.0. The molecular weight excluding hydrogens is 865 g/mol. The van der Waals surface area contributed by atoms with E-state index in [0.29, 0.717) is 80.9 Å². The number of nitrogens with one attached hydrogen (secondary N) is 3. The van der Waals surface area contributed by atoms with E-state index in [1.54, 1.807) is 0 Å². The highest BCUT2D eigenvalue weighted by Gasteiger charge is 2.68.